The van der Waals surface area contributed by atoms with Crippen molar-refractivity contribution in [3.8, 4) is 5.40 Å². The van der Waals surface area contributed by atoms with Crippen LogP contribution in [0.3, 0.4) is 0 Å². The topological polar surface area (TPSA) is 134 Å². The summed E-state index contributed by atoms with van der Waals surface area (Å²) in [5.74, 6) is -0.848. The van der Waals surface area contributed by atoms with Crippen molar-refractivity contribution in [1.82, 2.24) is 18.6 Å². The smallest absolute Gasteiger partial charge is 0.348 e. The lowest BCUT2D eigenvalue weighted by atomic mass is 10.1. The van der Waals surface area contributed by atoms with Crippen LogP contribution in [0.25, 0.3) is 0 Å². The summed E-state index contributed by atoms with van der Waals surface area (Å²) in [6.07, 6.45) is 2.64. The summed E-state index contributed by atoms with van der Waals surface area (Å²) in [5.41, 5.74) is 0.993. The van der Waals surface area contributed by atoms with E-state index in [0.717, 1.165) is 33.3 Å². The normalized spacial score (nSPS) is 12.4. The number of benzene rings is 1. The van der Waals surface area contributed by atoms with Gasteiger partial charge >= 0.3 is 11.7 Å². The summed E-state index contributed by atoms with van der Waals surface area (Å²) in [4.78, 5) is 28.6. The Morgan fingerprint density at radius 2 is 2.00 bits per heavy atom. The number of nitrogens with zero attached hydrogens (tertiary/aromatic N) is 4. The molecule has 0 aliphatic carbocycles. The highest BCUT2D eigenvalue weighted by Crippen LogP contribution is 2.19. The van der Waals surface area contributed by atoms with E-state index >= 15 is 0 Å². The number of hydrogen-bond acceptors (Lipinski definition) is 8. The molecule has 1 heterocycles. The van der Waals surface area contributed by atoms with E-state index in [0.29, 0.717) is 18.4 Å². The van der Waals surface area contributed by atoms with Gasteiger partial charge in [-0.1, -0.05) is 30.3 Å². The zero-order chi connectivity index (χ0) is 23.0. The van der Waals surface area contributed by atoms with E-state index < -0.39 is 27.9 Å². The Morgan fingerprint density at radius 1 is 1.32 bits per heavy atom. The number of thioether (sulfide) groups is 1. The Morgan fingerprint density at radius 3 is 2.58 bits per heavy atom. The minimum Gasteiger partial charge on any atom is -0.468 e. The number of nitrogens with one attached hydrogen (secondary N) is 1. The van der Waals surface area contributed by atoms with Crippen molar-refractivity contribution in [2.24, 2.45) is 0 Å². The predicted molar refractivity (Wildman–Crippen MR) is 115 cm³/mol. The van der Waals surface area contributed by atoms with Crippen molar-refractivity contribution in [2.75, 3.05) is 21.2 Å². The van der Waals surface area contributed by atoms with Gasteiger partial charge in [0.15, 0.2) is 0 Å². The fourth-order valence-corrected chi connectivity index (χ4v) is 3.90. The van der Waals surface area contributed by atoms with Gasteiger partial charge in [0.25, 0.3) is 10.2 Å². The Kier molecular flexibility index (Phi) is 8.76. The lowest BCUT2D eigenvalue weighted by molar-refractivity contribution is -0.143. The highest BCUT2D eigenvalue weighted by Gasteiger charge is 2.28. The van der Waals surface area contributed by atoms with Crippen molar-refractivity contribution in [3.63, 3.8) is 0 Å². The first-order valence-electron chi connectivity index (χ1n) is 9.15. The molecule has 0 fully saturated rings. The Balaban J connectivity index is 2.36. The van der Waals surface area contributed by atoms with Crippen LogP contribution in [0.15, 0.2) is 46.3 Å². The first-order chi connectivity index (χ1) is 14.7. The molecule has 1 aromatic heterocycles. The molecule has 2 rings (SSSR count). The van der Waals surface area contributed by atoms with E-state index in [4.69, 9.17) is 5.26 Å². The van der Waals surface area contributed by atoms with E-state index in [-0.39, 0.29) is 11.6 Å². The molecule has 0 spiro atoms. The van der Waals surface area contributed by atoms with Crippen LogP contribution in [0.5, 0.6) is 0 Å². The summed E-state index contributed by atoms with van der Waals surface area (Å²) in [5, 5.41) is 11.2. The number of rotatable bonds is 10. The van der Waals surface area contributed by atoms with E-state index in [1.165, 1.54) is 20.3 Å². The Hall–Kier alpha value is -2.72. The second-order valence-electron chi connectivity index (χ2n) is 6.67. The van der Waals surface area contributed by atoms with E-state index in [2.05, 4.69) is 14.4 Å². The SMILES string of the molecule is COC(=O)[C@H](Cn1cc(CCc2ccccc2)c(SC#N)nc1=O)NS(=O)(=O)N(C)C. The average Bonchev–Trinajstić information content (AvgIpc) is 2.74. The first-order valence-corrected chi connectivity index (χ1v) is 11.4. The van der Waals surface area contributed by atoms with Crippen LogP contribution < -0.4 is 10.4 Å². The van der Waals surface area contributed by atoms with Gasteiger partial charge in [-0.25, -0.2) is 4.79 Å². The maximum Gasteiger partial charge on any atom is 0.348 e. The molecule has 10 nitrogen and oxygen atoms in total. The second kappa shape index (κ2) is 11.1. The monoisotopic (exact) mass is 465 g/mol. The zero-order valence-corrected chi connectivity index (χ0v) is 18.9. The van der Waals surface area contributed by atoms with Gasteiger partial charge in [0.2, 0.25) is 0 Å². The van der Waals surface area contributed by atoms with Gasteiger partial charge in [0, 0.05) is 37.6 Å². The summed E-state index contributed by atoms with van der Waals surface area (Å²) < 4.78 is 33.3. The van der Waals surface area contributed by atoms with Crippen LogP contribution in [0.1, 0.15) is 11.1 Å². The number of thiocyanates is 1. The van der Waals surface area contributed by atoms with E-state index in [1.807, 2.05) is 35.7 Å². The molecule has 0 aliphatic rings. The lowest BCUT2D eigenvalue weighted by Gasteiger charge is -2.20. The number of esters is 1. The third-order valence-electron chi connectivity index (χ3n) is 4.33. The zero-order valence-electron chi connectivity index (χ0n) is 17.3. The van der Waals surface area contributed by atoms with Crippen molar-refractivity contribution >= 4 is 27.9 Å². The molecule has 1 N–H and O–H groups in total. The maximum atomic E-state index is 12.5. The molecule has 0 amide bonds. The first kappa shape index (κ1) is 24.5. The molecule has 0 saturated carbocycles. The Labute approximate surface area is 185 Å². The molecule has 0 aliphatic heterocycles. The number of methoxy groups -OCH3 is 1. The van der Waals surface area contributed by atoms with E-state index in [1.54, 1.807) is 0 Å². The Bertz CT molecular complexity index is 1110. The van der Waals surface area contributed by atoms with Crippen LogP contribution in [0, 0.1) is 10.7 Å². The fraction of sp³-hybridized carbons (Fsp3) is 0.368. The number of hydrogen-bond donors (Lipinski definition) is 1. The molecular formula is C19H23N5O5S2. The third kappa shape index (κ3) is 6.90. The molecule has 0 bridgehead atoms. The number of ether oxygens (including phenoxy) is 1. The summed E-state index contributed by atoms with van der Waals surface area (Å²) in [7, 11) is -0.225. The van der Waals surface area contributed by atoms with Crippen molar-refractivity contribution in [3.05, 3.63) is 58.1 Å². The molecule has 2 aromatic rings. The summed E-state index contributed by atoms with van der Waals surface area (Å²) in [6, 6.07) is 8.32. The molecule has 0 radical (unpaired) electrons. The van der Waals surface area contributed by atoms with Crippen LogP contribution >= 0.6 is 11.8 Å². The maximum absolute atomic E-state index is 12.5. The van der Waals surface area contributed by atoms with Gasteiger partial charge < -0.3 is 4.74 Å². The van der Waals surface area contributed by atoms with Crippen molar-refractivity contribution in [2.45, 2.75) is 30.5 Å². The molecule has 0 saturated heterocycles. The number of aryl methyl sites for hydroxylation is 2. The third-order valence-corrected chi connectivity index (χ3v) is 6.52. The summed E-state index contributed by atoms with van der Waals surface area (Å²) in [6.45, 7) is -0.318. The van der Waals surface area contributed by atoms with Gasteiger partial charge in [-0.05, 0) is 18.4 Å². The average molecular weight is 466 g/mol. The molecule has 12 heteroatoms. The van der Waals surface area contributed by atoms with Gasteiger partial charge in [0.1, 0.15) is 16.5 Å². The van der Waals surface area contributed by atoms with Gasteiger partial charge in [-0.2, -0.15) is 27.7 Å². The van der Waals surface area contributed by atoms with Crippen LogP contribution in [0.2, 0.25) is 0 Å². The van der Waals surface area contributed by atoms with Crippen LogP contribution in [-0.2, 0) is 39.1 Å². The number of carbonyl (C=O) groups is 1. The number of carbonyl (C=O) groups excluding carboxylic acids is 1. The molecular weight excluding hydrogens is 442 g/mol. The number of aromatic nitrogens is 2. The highest BCUT2D eigenvalue weighted by atomic mass is 32.2. The predicted octanol–water partition coefficient (Wildman–Crippen LogP) is 0.539. The van der Waals surface area contributed by atoms with Crippen LogP contribution in [0.4, 0.5) is 0 Å². The van der Waals surface area contributed by atoms with Gasteiger partial charge in [-0.15, -0.1) is 0 Å². The van der Waals surface area contributed by atoms with Gasteiger partial charge in [0.05, 0.1) is 13.7 Å². The minimum atomic E-state index is -3.96. The second-order valence-corrected chi connectivity index (χ2v) is 9.36. The molecule has 1 atom stereocenters. The largest absolute Gasteiger partial charge is 0.468 e. The minimum absolute atomic E-state index is 0.281. The van der Waals surface area contributed by atoms with Gasteiger partial charge in [-0.3, -0.25) is 9.36 Å². The van der Waals surface area contributed by atoms with Crippen molar-refractivity contribution in [1.29, 1.82) is 5.26 Å². The lowest BCUT2D eigenvalue weighted by Crippen LogP contribution is -2.49. The molecule has 31 heavy (non-hydrogen) atoms. The molecule has 1 aromatic carbocycles. The van der Waals surface area contributed by atoms with Crippen molar-refractivity contribution < 1.29 is 17.9 Å². The number of nitriles is 1. The quantitative estimate of drug-likeness (QED) is 0.233. The fourth-order valence-electron chi connectivity index (χ4n) is 2.66. The molecule has 166 valence electrons. The molecule has 0 unspecified atom stereocenters. The highest BCUT2D eigenvalue weighted by molar-refractivity contribution is 8.03. The van der Waals surface area contributed by atoms with Crippen LogP contribution in [-0.4, -0.2) is 55.5 Å². The standard InChI is InChI=1S/C19H23N5O5S2/c1-23(2)31(27,28)22-16(18(25)29-3)12-24-11-15(17(30-13-20)21-19(24)26)10-9-14-7-5-4-6-8-14/h4-8,11,16,22H,9-10,12H2,1-3H3/t16-/m0/s1. The summed E-state index contributed by atoms with van der Waals surface area (Å²) >= 11 is 0.775. The van der Waals surface area contributed by atoms with E-state index in [9.17, 15) is 18.0 Å².